The minimum Gasteiger partial charge on any atom is -0.490 e. The minimum absolute atomic E-state index is 0.00316. The summed E-state index contributed by atoms with van der Waals surface area (Å²) in [5, 5.41) is 8.62. The van der Waals surface area contributed by atoms with Crippen molar-refractivity contribution in [2.24, 2.45) is 0 Å². The standard InChI is InChI=1S/C11H11FO3/c12-8-2-4-10-7(5-8)1-3-9(15-10)6-11(13)14/h2,4-5,9H,1,3,6H2,(H,13,14)/t9-/m1/s1. The number of carboxylic acids is 1. The van der Waals surface area contributed by atoms with Crippen LogP contribution in [-0.4, -0.2) is 17.2 Å². The van der Waals surface area contributed by atoms with Gasteiger partial charge in [-0.1, -0.05) is 0 Å². The molecule has 0 bridgehead atoms. The third-order valence-electron chi connectivity index (χ3n) is 2.45. The van der Waals surface area contributed by atoms with Crippen molar-refractivity contribution >= 4 is 5.97 Å². The van der Waals surface area contributed by atoms with E-state index in [1.165, 1.54) is 12.1 Å². The Bertz CT molecular complexity index is 389. The summed E-state index contributed by atoms with van der Waals surface area (Å²) < 4.78 is 18.3. The molecule has 0 saturated carbocycles. The second-order valence-electron chi connectivity index (χ2n) is 3.63. The van der Waals surface area contributed by atoms with E-state index in [0.717, 1.165) is 5.56 Å². The van der Waals surface area contributed by atoms with Gasteiger partial charge >= 0.3 is 5.97 Å². The lowest BCUT2D eigenvalue weighted by Gasteiger charge is -2.24. The lowest BCUT2D eigenvalue weighted by molar-refractivity contribution is -0.139. The molecule has 1 atom stereocenters. The van der Waals surface area contributed by atoms with Gasteiger partial charge < -0.3 is 9.84 Å². The molecule has 0 saturated heterocycles. The number of aryl methyl sites for hydroxylation is 1. The van der Waals surface area contributed by atoms with Gasteiger partial charge in [0.2, 0.25) is 0 Å². The predicted molar refractivity (Wildman–Crippen MR) is 51.4 cm³/mol. The average Bonchev–Trinajstić information content (AvgIpc) is 2.17. The Balaban J connectivity index is 2.13. The highest BCUT2D eigenvalue weighted by molar-refractivity contribution is 5.67. The molecular formula is C11H11FO3. The molecule has 0 aromatic heterocycles. The average molecular weight is 210 g/mol. The molecule has 0 spiro atoms. The molecule has 1 aromatic carbocycles. The molecule has 15 heavy (non-hydrogen) atoms. The van der Waals surface area contributed by atoms with Crippen molar-refractivity contribution in [2.75, 3.05) is 0 Å². The predicted octanol–water partition coefficient (Wildman–Crippen LogP) is 1.99. The van der Waals surface area contributed by atoms with E-state index in [0.29, 0.717) is 18.6 Å². The summed E-state index contributed by atoms with van der Waals surface area (Å²) in [6.07, 6.45) is 1.01. The van der Waals surface area contributed by atoms with E-state index in [-0.39, 0.29) is 18.3 Å². The number of benzene rings is 1. The zero-order valence-electron chi connectivity index (χ0n) is 8.07. The van der Waals surface area contributed by atoms with Crippen LogP contribution in [0.2, 0.25) is 0 Å². The molecule has 1 aliphatic heterocycles. The van der Waals surface area contributed by atoms with Crippen LogP contribution in [0.1, 0.15) is 18.4 Å². The zero-order valence-corrected chi connectivity index (χ0v) is 8.07. The molecular weight excluding hydrogens is 199 g/mol. The molecule has 0 fully saturated rings. The summed E-state index contributed by atoms with van der Waals surface area (Å²) in [4.78, 5) is 10.5. The maximum Gasteiger partial charge on any atom is 0.307 e. The summed E-state index contributed by atoms with van der Waals surface area (Å²) in [6.45, 7) is 0. The number of ether oxygens (including phenoxy) is 1. The molecule has 80 valence electrons. The van der Waals surface area contributed by atoms with Crippen LogP contribution in [0.3, 0.4) is 0 Å². The van der Waals surface area contributed by atoms with Gasteiger partial charge in [0.05, 0.1) is 6.42 Å². The summed E-state index contributed by atoms with van der Waals surface area (Å²) in [5.74, 6) is -0.548. The van der Waals surface area contributed by atoms with Gasteiger partial charge in [0.1, 0.15) is 17.7 Å². The van der Waals surface area contributed by atoms with E-state index in [1.54, 1.807) is 6.07 Å². The maximum atomic E-state index is 12.9. The van der Waals surface area contributed by atoms with Crippen LogP contribution in [0.5, 0.6) is 5.75 Å². The maximum absolute atomic E-state index is 12.9. The van der Waals surface area contributed by atoms with Crippen LogP contribution in [-0.2, 0) is 11.2 Å². The summed E-state index contributed by atoms with van der Waals surface area (Å²) in [6, 6.07) is 4.31. The number of carboxylic acid groups (broad SMARTS) is 1. The highest BCUT2D eigenvalue weighted by atomic mass is 19.1. The van der Waals surface area contributed by atoms with Crippen molar-refractivity contribution in [3.8, 4) is 5.75 Å². The highest BCUT2D eigenvalue weighted by Crippen LogP contribution is 2.29. The molecule has 0 radical (unpaired) electrons. The van der Waals surface area contributed by atoms with Gasteiger partial charge in [-0.15, -0.1) is 0 Å². The topological polar surface area (TPSA) is 46.5 Å². The third-order valence-corrected chi connectivity index (χ3v) is 2.45. The van der Waals surface area contributed by atoms with Crippen LogP contribution < -0.4 is 4.74 Å². The number of aliphatic carboxylic acids is 1. The van der Waals surface area contributed by atoms with Crippen molar-refractivity contribution in [1.82, 2.24) is 0 Å². The quantitative estimate of drug-likeness (QED) is 0.812. The second-order valence-corrected chi connectivity index (χ2v) is 3.63. The van der Waals surface area contributed by atoms with Gasteiger partial charge in [-0.25, -0.2) is 4.39 Å². The molecule has 1 aliphatic rings. The molecule has 3 nitrogen and oxygen atoms in total. The number of hydrogen-bond donors (Lipinski definition) is 1. The molecule has 4 heteroatoms. The lowest BCUT2D eigenvalue weighted by atomic mass is 10.0. The minimum atomic E-state index is -0.870. The highest BCUT2D eigenvalue weighted by Gasteiger charge is 2.22. The van der Waals surface area contributed by atoms with E-state index < -0.39 is 5.97 Å². The smallest absolute Gasteiger partial charge is 0.307 e. The number of halogens is 1. The fraction of sp³-hybridized carbons (Fsp3) is 0.364. The monoisotopic (exact) mass is 210 g/mol. The Morgan fingerprint density at radius 3 is 3.13 bits per heavy atom. The molecule has 1 aromatic rings. The molecule has 0 unspecified atom stereocenters. The van der Waals surface area contributed by atoms with Gasteiger partial charge in [0.15, 0.2) is 0 Å². The molecule has 0 amide bonds. The van der Waals surface area contributed by atoms with E-state index in [9.17, 15) is 9.18 Å². The summed E-state index contributed by atoms with van der Waals surface area (Å²) in [5.41, 5.74) is 0.816. The van der Waals surface area contributed by atoms with Crippen LogP contribution in [0.15, 0.2) is 18.2 Å². The van der Waals surface area contributed by atoms with Crippen LogP contribution in [0, 0.1) is 5.82 Å². The summed E-state index contributed by atoms with van der Waals surface area (Å²) >= 11 is 0. The van der Waals surface area contributed by atoms with Crippen molar-refractivity contribution in [3.05, 3.63) is 29.6 Å². The second kappa shape index (κ2) is 3.88. The van der Waals surface area contributed by atoms with Crippen molar-refractivity contribution in [3.63, 3.8) is 0 Å². The first-order valence-electron chi connectivity index (χ1n) is 4.82. The SMILES string of the molecule is O=C(O)C[C@H]1CCc2cc(F)ccc2O1. The Morgan fingerprint density at radius 2 is 2.40 bits per heavy atom. The Morgan fingerprint density at radius 1 is 1.60 bits per heavy atom. The largest absolute Gasteiger partial charge is 0.490 e. The zero-order chi connectivity index (χ0) is 10.8. The molecule has 2 rings (SSSR count). The van der Waals surface area contributed by atoms with E-state index in [2.05, 4.69) is 0 Å². The number of fused-ring (bicyclic) bond motifs is 1. The van der Waals surface area contributed by atoms with Gasteiger partial charge in [-0.05, 0) is 36.6 Å². The first kappa shape index (κ1) is 9.96. The third kappa shape index (κ3) is 2.26. The molecule has 1 heterocycles. The van der Waals surface area contributed by atoms with E-state index in [4.69, 9.17) is 9.84 Å². The van der Waals surface area contributed by atoms with Crippen LogP contribution in [0.4, 0.5) is 4.39 Å². The van der Waals surface area contributed by atoms with Crippen molar-refractivity contribution < 1.29 is 19.0 Å². The number of rotatable bonds is 2. The Labute approximate surface area is 86.5 Å². The van der Waals surface area contributed by atoms with Gasteiger partial charge in [0, 0.05) is 0 Å². The first-order chi connectivity index (χ1) is 7.15. The number of carbonyl (C=O) groups is 1. The fourth-order valence-electron chi connectivity index (χ4n) is 1.75. The van der Waals surface area contributed by atoms with E-state index >= 15 is 0 Å². The first-order valence-corrected chi connectivity index (χ1v) is 4.82. The Kier molecular flexibility index (Phi) is 2.58. The van der Waals surface area contributed by atoms with Gasteiger partial charge in [-0.2, -0.15) is 0 Å². The van der Waals surface area contributed by atoms with E-state index in [1.807, 2.05) is 0 Å². The van der Waals surface area contributed by atoms with Crippen LogP contribution in [0.25, 0.3) is 0 Å². The lowest BCUT2D eigenvalue weighted by Crippen LogP contribution is -2.25. The van der Waals surface area contributed by atoms with Crippen LogP contribution >= 0.6 is 0 Å². The van der Waals surface area contributed by atoms with Crippen molar-refractivity contribution in [2.45, 2.75) is 25.4 Å². The number of hydrogen-bond acceptors (Lipinski definition) is 2. The van der Waals surface area contributed by atoms with Gasteiger partial charge in [0.25, 0.3) is 0 Å². The molecule has 0 aliphatic carbocycles. The van der Waals surface area contributed by atoms with Crippen molar-refractivity contribution in [1.29, 1.82) is 0 Å². The molecule has 1 N–H and O–H groups in total. The Hall–Kier alpha value is -1.58. The normalized spacial score (nSPS) is 19.1. The summed E-state index contributed by atoms with van der Waals surface area (Å²) in [7, 11) is 0. The fourth-order valence-corrected chi connectivity index (χ4v) is 1.75. The van der Waals surface area contributed by atoms with Gasteiger partial charge in [-0.3, -0.25) is 4.79 Å².